The van der Waals surface area contributed by atoms with Gasteiger partial charge in [-0.1, -0.05) is 6.92 Å². The zero-order valence-corrected chi connectivity index (χ0v) is 10.0. The third-order valence-electron chi connectivity index (χ3n) is 2.56. The van der Waals surface area contributed by atoms with Crippen LogP contribution >= 0.6 is 11.8 Å². The average molecular weight is 237 g/mol. The summed E-state index contributed by atoms with van der Waals surface area (Å²) in [7, 11) is 0. The Morgan fingerprint density at radius 3 is 3.19 bits per heavy atom. The predicted octanol–water partition coefficient (Wildman–Crippen LogP) is 1.24. The van der Waals surface area contributed by atoms with Crippen LogP contribution in [0.15, 0.2) is 18.3 Å². The molecule has 1 aliphatic heterocycles. The summed E-state index contributed by atoms with van der Waals surface area (Å²) in [5, 5.41) is 0.511. The van der Waals surface area contributed by atoms with Gasteiger partial charge in [-0.25, -0.2) is 4.98 Å². The second kappa shape index (κ2) is 4.74. The largest absolute Gasteiger partial charge is 0.384 e. The molecule has 2 rings (SSSR count). The van der Waals surface area contributed by atoms with Gasteiger partial charge in [-0.15, -0.1) is 0 Å². The Labute approximate surface area is 99.2 Å². The lowest BCUT2D eigenvalue weighted by Crippen LogP contribution is -2.41. The fourth-order valence-electron chi connectivity index (χ4n) is 1.77. The Bertz CT molecular complexity index is 397. The highest BCUT2D eigenvalue weighted by Crippen LogP contribution is 2.19. The van der Waals surface area contributed by atoms with E-state index in [0.29, 0.717) is 16.6 Å². The smallest absolute Gasteiger partial charge is 0.254 e. The number of nitrogens with two attached hydrogens (primary N) is 1. The third kappa shape index (κ3) is 2.47. The summed E-state index contributed by atoms with van der Waals surface area (Å²) in [5.41, 5.74) is 6.20. The number of aromatic nitrogens is 1. The van der Waals surface area contributed by atoms with Crippen molar-refractivity contribution in [3.05, 3.63) is 23.9 Å². The molecule has 1 unspecified atom stereocenters. The zero-order chi connectivity index (χ0) is 11.5. The Morgan fingerprint density at radius 1 is 1.69 bits per heavy atom. The number of anilines is 1. The maximum Gasteiger partial charge on any atom is 0.254 e. The van der Waals surface area contributed by atoms with Crippen LogP contribution in [0.4, 0.5) is 5.82 Å². The zero-order valence-electron chi connectivity index (χ0n) is 9.22. The Kier molecular flexibility index (Phi) is 3.33. The van der Waals surface area contributed by atoms with Crippen LogP contribution in [0.2, 0.25) is 0 Å². The first kappa shape index (κ1) is 11.3. The summed E-state index contributed by atoms with van der Waals surface area (Å²) < 4.78 is 0. The molecule has 2 N–H and O–H groups in total. The molecule has 5 heteroatoms. The van der Waals surface area contributed by atoms with Crippen LogP contribution in [0.5, 0.6) is 0 Å². The number of hydrogen-bond acceptors (Lipinski definition) is 4. The minimum Gasteiger partial charge on any atom is -0.384 e. The van der Waals surface area contributed by atoms with E-state index >= 15 is 0 Å². The molecule has 1 amide bonds. The number of nitrogens with zero attached hydrogens (tertiary/aromatic N) is 2. The lowest BCUT2D eigenvalue weighted by molar-refractivity contribution is 0.0763. The van der Waals surface area contributed by atoms with E-state index in [4.69, 9.17) is 5.73 Å². The van der Waals surface area contributed by atoms with E-state index in [2.05, 4.69) is 11.9 Å². The van der Waals surface area contributed by atoms with Crippen molar-refractivity contribution < 1.29 is 4.79 Å². The van der Waals surface area contributed by atoms with E-state index in [0.717, 1.165) is 18.8 Å². The number of rotatable bonds is 1. The highest BCUT2D eigenvalue weighted by Gasteiger charge is 2.22. The predicted molar refractivity (Wildman–Crippen MR) is 66.5 cm³/mol. The van der Waals surface area contributed by atoms with Crippen LogP contribution in [0.3, 0.4) is 0 Å². The van der Waals surface area contributed by atoms with Crippen molar-refractivity contribution in [2.75, 3.05) is 24.6 Å². The maximum absolute atomic E-state index is 12.1. The molecular formula is C11H15N3OS. The van der Waals surface area contributed by atoms with Crippen molar-refractivity contribution in [3.63, 3.8) is 0 Å². The van der Waals surface area contributed by atoms with Crippen LogP contribution in [0.25, 0.3) is 0 Å². The van der Waals surface area contributed by atoms with Crippen molar-refractivity contribution >= 4 is 23.5 Å². The van der Waals surface area contributed by atoms with Gasteiger partial charge in [-0.3, -0.25) is 4.79 Å². The van der Waals surface area contributed by atoms with E-state index in [-0.39, 0.29) is 5.91 Å². The molecule has 16 heavy (non-hydrogen) atoms. The fourth-order valence-corrected chi connectivity index (χ4v) is 2.78. The number of amides is 1. The van der Waals surface area contributed by atoms with Crippen LogP contribution in [-0.4, -0.2) is 39.9 Å². The molecule has 0 aliphatic carbocycles. The first-order valence-electron chi connectivity index (χ1n) is 5.29. The SMILES string of the molecule is CC1CN(C(=O)c2ccnc(N)c2)CCS1. The van der Waals surface area contributed by atoms with E-state index < -0.39 is 0 Å². The molecule has 1 atom stereocenters. The minimum atomic E-state index is 0.0567. The molecule has 86 valence electrons. The average Bonchev–Trinajstić information content (AvgIpc) is 2.28. The highest BCUT2D eigenvalue weighted by molar-refractivity contribution is 7.99. The topological polar surface area (TPSA) is 59.2 Å². The van der Waals surface area contributed by atoms with Gasteiger partial charge in [-0.05, 0) is 12.1 Å². The molecule has 1 saturated heterocycles. The van der Waals surface area contributed by atoms with Gasteiger partial charge in [0.1, 0.15) is 5.82 Å². The number of nitrogen functional groups attached to an aromatic ring is 1. The van der Waals surface area contributed by atoms with Gasteiger partial charge in [0.25, 0.3) is 5.91 Å². The summed E-state index contributed by atoms with van der Waals surface area (Å²) in [6, 6.07) is 3.35. The molecule has 2 heterocycles. The van der Waals surface area contributed by atoms with Gasteiger partial charge in [0.15, 0.2) is 0 Å². The lowest BCUT2D eigenvalue weighted by atomic mass is 10.2. The molecule has 0 aromatic carbocycles. The second-order valence-electron chi connectivity index (χ2n) is 3.90. The fraction of sp³-hybridized carbons (Fsp3) is 0.455. The van der Waals surface area contributed by atoms with E-state index in [9.17, 15) is 4.79 Å². The van der Waals surface area contributed by atoms with Gasteiger partial charge >= 0.3 is 0 Å². The molecule has 4 nitrogen and oxygen atoms in total. The van der Waals surface area contributed by atoms with Crippen molar-refractivity contribution in [2.45, 2.75) is 12.2 Å². The number of thioether (sulfide) groups is 1. The molecule has 1 aliphatic rings. The van der Waals surface area contributed by atoms with Gasteiger partial charge < -0.3 is 10.6 Å². The third-order valence-corrected chi connectivity index (χ3v) is 3.69. The second-order valence-corrected chi connectivity index (χ2v) is 5.45. The Morgan fingerprint density at radius 2 is 2.50 bits per heavy atom. The van der Waals surface area contributed by atoms with Crippen molar-refractivity contribution in [2.24, 2.45) is 0 Å². The summed E-state index contributed by atoms with van der Waals surface area (Å²) >= 11 is 1.91. The summed E-state index contributed by atoms with van der Waals surface area (Å²) in [5.74, 6) is 1.46. The summed E-state index contributed by atoms with van der Waals surface area (Å²) in [6.07, 6.45) is 1.57. The Hall–Kier alpha value is -1.23. The Balaban J connectivity index is 2.12. The number of carbonyl (C=O) groups is 1. The van der Waals surface area contributed by atoms with Crippen LogP contribution in [0, 0.1) is 0 Å². The van der Waals surface area contributed by atoms with Crippen molar-refractivity contribution in [1.82, 2.24) is 9.88 Å². The molecule has 1 fully saturated rings. The molecule has 0 spiro atoms. The lowest BCUT2D eigenvalue weighted by Gasteiger charge is -2.30. The number of hydrogen-bond donors (Lipinski definition) is 1. The number of pyridine rings is 1. The van der Waals surface area contributed by atoms with E-state index in [1.54, 1.807) is 18.3 Å². The summed E-state index contributed by atoms with van der Waals surface area (Å²) in [4.78, 5) is 17.9. The van der Waals surface area contributed by atoms with Gasteiger partial charge in [0, 0.05) is 35.9 Å². The first-order valence-corrected chi connectivity index (χ1v) is 6.34. The normalized spacial score (nSPS) is 20.8. The monoisotopic (exact) mass is 237 g/mol. The maximum atomic E-state index is 12.1. The minimum absolute atomic E-state index is 0.0567. The van der Waals surface area contributed by atoms with Crippen molar-refractivity contribution in [3.8, 4) is 0 Å². The van der Waals surface area contributed by atoms with Crippen molar-refractivity contribution in [1.29, 1.82) is 0 Å². The first-order chi connectivity index (χ1) is 7.66. The summed E-state index contributed by atoms with van der Waals surface area (Å²) in [6.45, 7) is 3.77. The molecule has 1 aromatic rings. The van der Waals surface area contributed by atoms with Crippen LogP contribution in [-0.2, 0) is 0 Å². The van der Waals surface area contributed by atoms with Crippen LogP contribution in [0.1, 0.15) is 17.3 Å². The standard InChI is InChI=1S/C11H15N3OS/c1-8-7-14(4-5-16-8)11(15)9-2-3-13-10(12)6-9/h2-3,6,8H,4-5,7H2,1H3,(H2,12,13). The van der Waals surface area contributed by atoms with Gasteiger partial charge in [0.2, 0.25) is 0 Å². The molecule has 0 saturated carbocycles. The van der Waals surface area contributed by atoms with Gasteiger partial charge in [0.05, 0.1) is 0 Å². The quantitative estimate of drug-likeness (QED) is 0.798. The molecule has 1 aromatic heterocycles. The molecule has 0 bridgehead atoms. The van der Waals surface area contributed by atoms with E-state index in [1.165, 1.54) is 0 Å². The van der Waals surface area contributed by atoms with Crippen LogP contribution < -0.4 is 5.73 Å². The highest BCUT2D eigenvalue weighted by atomic mass is 32.2. The number of carbonyl (C=O) groups excluding carboxylic acids is 1. The molecular weight excluding hydrogens is 222 g/mol. The van der Waals surface area contributed by atoms with E-state index in [1.807, 2.05) is 16.7 Å². The molecule has 0 radical (unpaired) electrons. The van der Waals surface area contributed by atoms with Gasteiger partial charge in [-0.2, -0.15) is 11.8 Å².